The summed E-state index contributed by atoms with van der Waals surface area (Å²) in [6, 6.07) is 13.8. The maximum absolute atomic E-state index is 2.38. The van der Waals surface area contributed by atoms with E-state index in [4.69, 9.17) is 0 Å². The Labute approximate surface area is 146 Å². The van der Waals surface area contributed by atoms with Gasteiger partial charge in [-0.2, -0.15) is 4.57 Å². The van der Waals surface area contributed by atoms with Gasteiger partial charge in [-0.05, 0) is 60.9 Å². The molecule has 3 aromatic rings. The number of benzene rings is 2. The number of hydrogen-bond donors (Lipinski definition) is 0. The fourth-order valence-corrected chi connectivity index (χ4v) is 3.55. The average molecular weight is 318 g/mol. The van der Waals surface area contributed by atoms with Gasteiger partial charge in [0.15, 0.2) is 5.69 Å². The van der Waals surface area contributed by atoms with Crippen LogP contribution in [-0.4, -0.2) is 0 Å². The number of pyridine rings is 1. The van der Waals surface area contributed by atoms with Gasteiger partial charge in [0.2, 0.25) is 5.69 Å². The molecule has 0 unspecified atom stereocenters. The molecule has 0 amide bonds. The number of fused-ring (bicyclic) bond motifs is 1. The van der Waals surface area contributed by atoms with Gasteiger partial charge in [-0.3, -0.25) is 0 Å². The molecule has 3 rings (SSSR count). The van der Waals surface area contributed by atoms with Crippen molar-refractivity contribution in [1.29, 1.82) is 0 Å². The van der Waals surface area contributed by atoms with Crippen molar-refractivity contribution >= 4 is 10.8 Å². The molecule has 0 N–H and O–H groups in total. The first-order valence-corrected chi connectivity index (χ1v) is 8.81. The first-order chi connectivity index (χ1) is 11.3. The Bertz CT molecular complexity index is 933. The number of nitrogens with zero attached hydrogens (tertiary/aromatic N) is 1. The second-order valence-corrected chi connectivity index (χ2v) is 7.45. The smallest absolute Gasteiger partial charge is 0.198 e. The van der Waals surface area contributed by atoms with E-state index in [1.165, 1.54) is 50.0 Å². The molecule has 0 spiro atoms. The Hall–Kier alpha value is -2.15. The second-order valence-electron chi connectivity index (χ2n) is 7.45. The van der Waals surface area contributed by atoms with Crippen LogP contribution >= 0.6 is 0 Å². The third-order valence-corrected chi connectivity index (χ3v) is 5.29. The summed E-state index contributed by atoms with van der Waals surface area (Å²) in [4.78, 5) is 0. The summed E-state index contributed by atoms with van der Waals surface area (Å²) in [7, 11) is 2.18. The van der Waals surface area contributed by atoms with Crippen molar-refractivity contribution in [3.05, 3.63) is 64.3 Å². The Balaban J connectivity index is 2.46. The maximum atomic E-state index is 2.38. The topological polar surface area (TPSA) is 3.88 Å². The van der Waals surface area contributed by atoms with Gasteiger partial charge in [0, 0.05) is 13.0 Å². The van der Waals surface area contributed by atoms with Gasteiger partial charge in [0.1, 0.15) is 7.05 Å². The summed E-state index contributed by atoms with van der Waals surface area (Å²) in [5.74, 6) is 0.536. The van der Waals surface area contributed by atoms with Crippen LogP contribution in [0.5, 0.6) is 0 Å². The maximum Gasteiger partial charge on any atom is 0.220 e. The predicted octanol–water partition coefficient (Wildman–Crippen LogP) is 5.69. The largest absolute Gasteiger partial charge is 0.220 e. The molecule has 1 nitrogen and oxygen atoms in total. The molecule has 0 atom stereocenters. The molecule has 1 heterocycles. The standard InChI is InChI=1S/C23H28N/c1-14(2)19-8-9-20-12-17(5)24(7)23(22(20)13-19)21-11-15(3)10-16(4)18(21)6/h8-14H,1-7H3/q+1. The third kappa shape index (κ3) is 2.73. The molecule has 1 heteroatoms. The lowest BCUT2D eigenvalue weighted by atomic mass is 9.92. The summed E-state index contributed by atoms with van der Waals surface area (Å²) in [5, 5.41) is 2.67. The van der Waals surface area contributed by atoms with E-state index in [1.807, 2.05) is 0 Å². The highest BCUT2D eigenvalue weighted by Crippen LogP contribution is 2.32. The van der Waals surface area contributed by atoms with Crippen molar-refractivity contribution in [3.8, 4) is 11.3 Å². The third-order valence-electron chi connectivity index (χ3n) is 5.29. The van der Waals surface area contributed by atoms with Crippen LogP contribution in [0.3, 0.4) is 0 Å². The van der Waals surface area contributed by atoms with E-state index in [1.54, 1.807) is 0 Å². The van der Waals surface area contributed by atoms with E-state index in [9.17, 15) is 0 Å². The van der Waals surface area contributed by atoms with Gasteiger partial charge in [-0.15, -0.1) is 0 Å². The van der Waals surface area contributed by atoms with E-state index in [0.29, 0.717) is 5.92 Å². The fraction of sp³-hybridized carbons (Fsp3) is 0.348. The van der Waals surface area contributed by atoms with E-state index in [2.05, 4.69) is 89.6 Å². The predicted molar refractivity (Wildman–Crippen MR) is 104 cm³/mol. The van der Waals surface area contributed by atoms with Gasteiger partial charge in [-0.25, -0.2) is 0 Å². The minimum atomic E-state index is 0.536. The highest BCUT2D eigenvalue weighted by Gasteiger charge is 2.21. The molecule has 0 bridgehead atoms. The molecule has 0 aliphatic carbocycles. The number of hydrogen-bond acceptors (Lipinski definition) is 0. The Morgan fingerprint density at radius 3 is 2.25 bits per heavy atom. The van der Waals surface area contributed by atoms with Crippen molar-refractivity contribution in [3.63, 3.8) is 0 Å². The van der Waals surface area contributed by atoms with Crippen LogP contribution in [0.1, 0.15) is 47.7 Å². The van der Waals surface area contributed by atoms with Crippen molar-refractivity contribution in [2.45, 2.75) is 47.5 Å². The molecule has 24 heavy (non-hydrogen) atoms. The zero-order chi connectivity index (χ0) is 17.6. The zero-order valence-electron chi connectivity index (χ0n) is 16.0. The summed E-state index contributed by atoms with van der Waals surface area (Å²) in [5.41, 5.74) is 9.42. The normalized spacial score (nSPS) is 11.5. The monoisotopic (exact) mass is 318 g/mol. The van der Waals surface area contributed by atoms with Gasteiger partial charge < -0.3 is 0 Å². The molecule has 0 aliphatic heterocycles. The average Bonchev–Trinajstić information content (AvgIpc) is 2.52. The molecule has 2 aromatic carbocycles. The van der Waals surface area contributed by atoms with Gasteiger partial charge in [0.05, 0.1) is 10.9 Å². The highest BCUT2D eigenvalue weighted by atomic mass is 14.9. The van der Waals surface area contributed by atoms with Crippen molar-refractivity contribution in [1.82, 2.24) is 0 Å². The van der Waals surface area contributed by atoms with Crippen molar-refractivity contribution in [2.75, 3.05) is 0 Å². The zero-order valence-corrected chi connectivity index (χ0v) is 16.0. The first-order valence-electron chi connectivity index (χ1n) is 8.81. The number of rotatable bonds is 2. The molecule has 0 aliphatic rings. The minimum absolute atomic E-state index is 0.536. The molecule has 1 aromatic heterocycles. The van der Waals surface area contributed by atoms with E-state index in [0.717, 1.165) is 0 Å². The summed E-state index contributed by atoms with van der Waals surface area (Å²) >= 11 is 0. The molecule has 0 fully saturated rings. The molecule has 0 saturated carbocycles. The van der Waals surface area contributed by atoms with E-state index in [-0.39, 0.29) is 0 Å². The van der Waals surface area contributed by atoms with Crippen molar-refractivity contribution in [2.24, 2.45) is 7.05 Å². The number of aromatic nitrogens is 1. The van der Waals surface area contributed by atoms with Crippen LogP contribution in [0.25, 0.3) is 22.0 Å². The van der Waals surface area contributed by atoms with Crippen LogP contribution < -0.4 is 4.57 Å². The lowest BCUT2D eigenvalue weighted by Crippen LogP contribution is -2.35. The van der Waals surface area contributed by atoms with Crippen LogP contribution in [0, 0.1) is 27.7 Å². The Morgan fingerprint density at radius 2 is 1.58 bits per heavy atom. The lowest BCUT2D eigenvalue weighted by Gasteiger charge is -2.14. The minimum Gasteiger partial charge on any atom is -0.198 e. The van der Waals surface area contributed by atoms with Gasteiger partial charge in [-0.1, -0.05) is 37.6 Å². The lowest BCUT2D eigenvalue weighted by molar-refractivity contribution is -0.665. The fourth-order valence-electron chi connectivity index (χ4n) is 3.55. The Morgan fingerprint density at radius 1 is 0.875 bits per heavy atom. The van der Waals surface area contributed by atoms with Gasteiger partial charge in [0.25, 0.3) is 0 Å². The summed E-state index contributed by atoms with van der Waals surface area (Å²) in [6.45, 7) is 13.4. The van der Waals surface area contributed by atoms with Crippen LogP contribution in [-0.2, 0) is 7.05 Å². The van der Waals surface area contributed by atoms with Crippen LogP contribution in [0.15, 0.2) is 36.4 Å². The van der Waals surface area contributed by atoms with Crippen molar-refractivity contribution < 1.29 is 4.57 Å². The van der Waals surface area contributed by atoms with E-state index < -0.39 is 0 Å². The quantitative estimate of drug-likeness (QED) is 0.535. The summed E-state index contributed by atoms with van der Waals surface area (Å²) in [6.07, 6.45) is 0. The molecule has 0 saturated heterocycles. The first kappa shape index (κ1) is 16.7. The van der Waals surface area contributed by atoms with E-state index >= 15 is 0 Å². The second kappa shape index (κ2) is 6.05. The highest BCUT2D eigenvalue weighted by molar-refractivity contribution is 5.94. The Kier molecular flexibility index (Phi) is 4.21. The molecule has 124 valence electrons. The molecular formula is C23H28N+. The van der Waals surface area contributed by atoms with Crippen LogP contribution in [0.2, 0.25) is 0 Å². The molecular weight excluding hydrogens is 290 g/mol. The molecule has 0 radical (unpaired) electrons. The van der Waals surface area contributed by atoms with Crippen LogP contribution in [0.4, 0.5) is 0 Å². The number of aryl methyl sites for hydroxylation is 3. The van der Waals surface area contributed by atoms with Gasteiger partial charge >= 0.3 is 0 Å². The SMILES string of the molecule is Cc1cc(C)c(C)c(-c2c3cc(C(C)C)ccc3cc(C)[n+]2C)c1. The summed E-state index contributed by atoms with van der Waals surface area (Å²) < 4.78 is 2.34.